The topological polar surface area (TPSA) is 704 Å². The minimum absolute atomic E-state index is 0.0792. The van der Waals surface area contributed by atoms with Crippen molar-refractivity contribution >= 4 is 132 Å². The molecule has 14 atom stereocenters. The van der Waals surface area contributed by atoms with Gasteiger partial charge in [-0.05, 0) is 90.0 Å². The summed E-state index contributed by atoms with van der Waals surface area (Å²) in [6.45, 7) is 7.39. The van der Waals surface area contributed by atoms with E-state index in [9.17, 15) is 107 Å². The average Bonchev–Trinajstić information content (AvgIpc) is 0.862. The number of hydrogen-bond donors (Lipinski definition) is 25. The van der Waals surface area contributed by atoms with Crippen LogP contribution < -0.4 is 98.2 Å². The van der Waals surface area contributed by atoms with E-state index in [1.54, 1.807) is 13.8 Å². The van der Waals surface area contributed by atoms with E-state index in [0.717, 1.165) is 13.8 Å². The van der Waals surface area contributed by atoms with Gasteiger partial charge in [-0.15, -0.1) is 0 Å². The molecule has 0 saturated heterocycles. The minimum Gasteiger partial charge on any atom is -0.481 e. The van der Waals surface area contributed by atoms with Gasteiger partial charge in [0.1, 0.15) is 66.5 Å². The molecular formula is C58H101N19O22S2. The van der Waals surface area contributed by atoms with Crippen molar-refractivity contribution in [2.45, 2.75) is 210 Å². The number of thiol groups is 2. The van der Waals surface area contributed by atoms with Crippen molar-refractivity contribution in [3.8, 4) is 0 Å². The Hall–Kier alpha value is -9.20. The molecule has 0 aromatic heterocycles. The first-order valence-electron chi connectivity index (χ1n) is 32.0. The van der Waals surface area contributed by atoms with Gasteiger partial charge in [0.2, 0.25) is 82.7 Å². The molecule has 0 saturated carbocycles. The number of aliphatic imine (C=N–C) groups is 1. The lowest BCUT2D eigenvalue weighted by Gasteiger charge is -2.29. The summed E-state index contributed by atoms with van der Waals surface area (Å²) in [6, 6.07) is -19.8. The van der Waals surface area contributed by atoms with Crippen LogP contribution in [0.25, 0.3) is 0 Å². The molecule has 0 unspecified atom stereocenters. The predicted molar refractivity (Wildman–Crippen MR) is 364 cm³/mol. The summed E-state index contributed by atoms with van der Waals surface area (Å²) in [5, 5.41) is 77.1. The van der Waals surface area contributed by atoms with E-state index in [-0.39, 0.29) is 75.0 Å². The number of aliphatic carboxylic acids is 3. The Bertz CT molecular complexity index is 2910. The number of rotatable bonds is 51. The summed E-state index contributed by atoms with van der Waals surface area (Å²) in [6.07, 6.45) is -8.62. The number of guanidine groups is 1. The maximum Gasteiger partial charge on any atom is 0.327 e. The third-order valence-corrected chi connectivity index (χ3v) is 15.3. The van der Waals surface area contributed by atoms with Crippen LogP contribution in [0.1, 0.15) is 125 Å². The SMILES string of the molecule is CC(C)C[C@H](NC(=O)[C@@H](NC(=O)CNC(=O)[C@H](CC(N)=O)NC(=O)[C@H](CCCN=C(N)N)NC(=O)[C@H](CCC(N)=O)NC(=O)[C@H](CCCCN)NC(=O)[C@H](CCC(=O)O)NC(=O)[C@H](CCC(=O)O)NC(=O)[C@@H](N)CS)[C@@H](C)O)C(=O)N[C@H](C(=O)N[C@H](C(=O)N[C@@H](CS)C(=O)O)C(C)C)[C@@H](C)O. The second-order valence-electron chi connectivity index (χ2n) is 24.2. The fourth-order valence-electron chi connectivity index (χ4n) is 9.07. The molecule has 43 heteroatoms. The standard InChI is InChI=1S/C58H101N19O22S2/c1-25(2)20-35(53(94)77-45(28(6)79)56(97)76-43(26(3)4)54(95)74-37(24-101)57(98)99)73-55(96)44(27(5)78)75-40(82)22-66-47(88)36(21-39(62)81)72-49(90)31(11-9-19-65-58(63)64)69-50(91)32(12-15-38(61)80)70-48(89)30(10-7-8-18-59)68-52(93)34(14-17-42(85)86)71-51(92)33(13-16-41(83)84)67-46(87)29(60)23-100/h25-37,43-45,78-79,100-101H,7-24,59-60H2,1-6H3,(H2,61,80)(H2,62,81)(H,66,88)(H,67,87)(H,68,93)(H,69,91)(H,70,89)(H,71,92)(H,72,90)(H,73,96)(H,74,95)(H,75,82)(H,76,97)(H,77,94)(H,83,84)(H,85,86)(H,98,99)(H4,63,64,65)/t27-,28-,29+,30+,31+,32+,33+,34+,35+,36+,37+,43+,44+,45+/m1/s1. The maximum atomic E-state index is 14.3. The Morgan fingerprint density at radius 2 is 0.802 bits per heavy atom. The van der Waals surface area contributed by atoms with Crippen LogP contribution >= 0.6 is 25.3 Å². The van der Waals surface area contributed by atoms with Gasteiger partial charge in [0.15, 0.2) is 5.96 Å². The van der Waals surface area contributed by atoms with Gasteiger partial charge in [-0.25, -0.2) is 4.79 Å². The van der Waals surface area contributed by atoms with E-state index in [1.807, 2.05) is 0 Å². The van der Waals surface area contributed by atoms with Crippen LogP contribution in [-0.2, 0) is 81.5 Å². The van der Waals surface area contributed by atoms with Gasteiger partial charge in [-0.1, -0.05) is 27.7 Å². The highest BCUT2D eigenvalue weighted by Crippen LogP contribution is 2.13. The molecule has 0 rings (SSSR count). The monoisotopic (exact) mass is 1480 g/mol. The fraction of sp³-hybridized carbons (Fsp3) is 0.690. The second-order valence-corrected chi connectivity index (χ2v) is 24.9. The number of primary amides is 2. The number of aliphatic hydroxyl groups excluding tert-OH is 2. The first-order chi connectivity index (χ1) is 47.1. The first-order valence-corrected chi connectivity index (χ1v) is 33.3. The zero-order valence-electron chi connectivity index (χ0n) is 56.9. The quantitative estimate of drug-likeness (QED) is 0.0116. The molecule has 572 valence electrons. The highest BCUT2D eigenvalue weighted by atomic mass is 32.1. The van der Waals surface area contributed by atoms with E-state index in [4.69, 9.17) is 34.4 Å². The normalized spacial score (nSPS) is 15.2. The van der Waals surface area contributed by atoms with Gasteiger partial charge in [0, 0.05) is 37.3 Å². The van der Waals surface area contributed by atoms with Gasteiger partial charge in [0.25, 0.3) is 0 Å². The third kappa shape index (κ3) is 37.2. The molecule has 0 aliphatic rings. The number of hydrogen-bond acceptors (Lipinski definition) is 24. The predicted octanol–water partition coefficient (Wildman–Crippen LogP) is -9.78. The van der Waals surface area contributed by atoms with Gasteiger partial charge >= 0.3 is 17.9 Å². The van der Waals surface area contributed by atoms with E-state index in [2.05, 4.69) is 94.1 Å². The molecule has 14 amide bonds. The van der Waals surface area contributed by atoms with E-state index < -0.39 is 243 Å². The van der Waals surface area contributed by atoms with Crippen molar-refractivity contribution < 1.29 is 107 Å². The Balaban J connectivity index is 6.95. The minimum atomic E-state index is -1.95. The van der Waals surface area contributed by atoms with Crippen LogP contribution in [0.2, 0.25) is 0 Å². The van der Waals surface area contributed by atoms with Crippen molar-refractivity contribution in [3.05, 3.63) is 0 Å². The van der Waals surface area contributed by atoms with Crippen molar-refractivity contribution in [2.75, 3.05) is 31.1 Å². The average molecular weight is 1480 g/mol. The summed E-state index contributed by atoms with van der Waals surface area (Å²) in [4.78, 5) is 228. The van der Waals surface area contributed by atoms with Gasteiger partial charge in [-0.2, -0.15) is 25.3 Å². The van der Waals surface area contributed by atoms with Crippen LogP contribution in [-0.4, -0.2) is 248 Å². The zero-order chi connectivity index (χ0) is 77.6. The Morgan fingerprint density at radius 1 is 0.416 bits per heavy atom. The lowest BCUT2D eigenvalue weighted by atomic mass is 10.00. The zero-order valence-corrected chi connectivity index (χ0v) is 58.7. The molecule has 0 spiro atoms. The number of amides is 14. The van der Waals surface area contributed by atoms with Crippen molar-refractivity contribution in [2.24, 2.45) is 51.2 Å². The van der Waals surface area contributed by atoms with Crippen LogP contribution in [0.15, 0.2) is 4.99 Å². The summed E-state index contributed by atoms with van der Waals surface area (Å²) < 4.78 is 0. The lowest BCUT2D eigenvalue weighted by molar-refractivity contribution is -0.142. The number of carbonyl (C=O) groups excluding carboxylic acids is 14. The molecule has 0 aromatic rings. The summed E-state index contributed by atoms with van der Waals surface area (Å²) in [5.41, 5.74) is 33.2. The van der Waals surface area contributed by atoms with Crippen molar-refractivity contribution in [1.29, 1.82) is 0 Å². The Morgan fingerprint density at radius 3 is 1.20 bits per heavy atom. The van der Waals surface area contributed by atoms with Crippen LogP contribution in [0.4, 0.5) is 0 Å². The van der Waals surface area contributed by atoms with Crippen LogP contribution in [0, 0.1) is 11.8 Å². The van der Waals surface area contributed by atoms with E-state index in [1.165, 1.54) is 13.8 Å². The number of nitrogens with zero attached hydrogens (tertiary/aromatic N) is 1. The largest absolute Gasteiger partial charge is 0.481 e. The molecule has 29 N–H and O–H groups in total. The summed E-state index contributed by atoms with van der Waals surface area (Å²) in [7, 11) is 0. The van der Waals surface area contributed by atoms with Gasteiger partial charge in [-0.3, -0.25) is 81.7 Å². The summed E-state index contributed by atoms with van der Waals surface area (Å²) in [5.74, 6) is -21.9. The van der Waals surface area contributed by atoms with E-state index in [0.29, 0.717) is 0 Å². The molecule has 41 nitrogen and oxygen atoms in total. The molecule has 0 bridgehead atoms. The maximum absolute atomic E-state index is 14.3. The van der Waals surface area contributed by atoms with Crippen molar-refractivity contribution in [1.82, 2.24) is 63.8 Å². The number of nitrogens with two attached hydrogens (primary N) is 6. The Labute approximate surface area is 592 Å². The molecule has 0 fully saturated rings. The number of carboxylic acids is 3. The van der Waals surface area contributed by atoms with Gasteiger partial charge < -0.3 is 124 Å². The number of aliphatic hydroxyl groups is 2. The number of nitrogens with one attached hydrogen (secondary N) is 12. The summed E-state index contributed by atoms with van der Waals surface area (Å²) >= 11 is 7.85. The lowest BCUT2D eigenvalue weighted by Crippen LogP contribution is -2.62. The molecule has 0 aromatic carbocycles. The van der Waals surface area contributed by atoms with Crippen LogP contribution in [0.3, 0.4) is 0 Å². The molecule has 0 radical (unpaired) electrons. The van der Waals surface area contributed by atoms with E-state index >= 15 is 0 Å². The molecule has 0 heterocycles. The number of carboxylic acid groups (broad SMARTS) is 3. The first kappa shape index (κ1) is 91.8. The fourth-order valence-corrected chi connectivity index (χ4v) is 9.48. The number of carbonyl (C=O) groups is 17. The smallest absolute Gasteiger partial charge is 0.327 e. The third-order valence-electron chi connectivity index (χ3n) is 14.6. The second kappa shape index (κ2) is 47.8. The molecule has 101 heavy (non-hydrogen) atoms. The highest BCUT2D eigenvalue weighted by Gasteiger charge is 2.39. The molecule has 0 aliphatic heterocycles. The number of unbranched alkanes of at least 4 members (excludes halogenated alkanes) is 1. The van der Waals surface area contributed by atoms with Crippen LogP contribution in [0.5, 0.6) is 0 Å². The Kier molecular flexibility index (Phi) is 43.4. The van der Waals surface area contributed by atoms with Crippen molar-refractivity contribution in [3.63, 3.8) is 0 Å². The van der Waals surface area contributed by atoms with Gasteiger partial charge in [0.05, 0.1) is 31.2 Å². The highest BCUT2D eigenvalue weighted by molar-refractivity contribution is 7.80. The molecular weight excluding hydrogens is 1380 g/mol. The molecule has 0 aliphatic carbocycles.